The molecule has 7 heteroatoms. The summed E-state index contributed by atoms with van der Waals surface area (Å²) in [4.78, 5) is 25.7. The van der Waals surface area contributed by atoms with Gasteiger partial charge in [-0.05, 0) is 23.6 Å². The highest BCUT2D eigenvalue weighted by molar-refractivity contribution is 6.03. The largest absolute Gasteiger partial charge is 0.497 e. The Hall–Kier alpha value is -2.96. The molecule has 0 saturated heterocycles. The minimum absolute atomic E-state index is 0.0639. The summed E-state index contributed by atoms with van der Waals surface area (Å²) in [5, 5.41) is 0. The molecule has 1 atom stereocenters. The summed E-state index contributed by atoms with van der Waals surface area (Å²) in [6, 6.07) is 5.21. The molecule has 28 heavy (non-hydrogen) atoms. The molecule has 1 heterocycles. The number of allylic oxidation sites excluding steroid dienone is 2. The van der Waals surface area contributed by atoms with Crippen molar-refractivity contribution in [2.24, 2.45) is 11.1 Å². The van der Waals surface area contributed by atoms with Crippen LogP contribution in [0.1, 0.15) is 38.2 Å². The monoisotopic (exact) mass is 387 g/mol. The van der Waals surface area contributed by atoms with E-state index in [-0.39, 0.29) is 22.7 Å². The van der Waals surface area contributed by atoms with Crippen LogP contribution in [-0.4, -0.2) is 33.1 Å². The van der Waals surface area contributed by atoms with E-state index in [1.54, 1.807) is 25.3 Å². The molecule has 2 aliphatic rings. The Labute approximate surface area is 164 Å². The van der Waals surface area contributed by atoms with Crippen LogP contribution in [0.3, 0.4) is 0 Å². The number of hydrogen-bond acceptors (Lipinski definition) is 7. The first-order valence-electron chi connectivity index (χ1n) is 8.96. The van der Waals surface area contributed by atoms with E-state index in [1.807, 2.05) is 13.8 Å². The second-order valence-electron chi connectivity index (χ2n) is 7.69. The number of carbonyl (C=O) groups is 2. The number of carbonyl (C=O) groups excluding carboxylic acids is 2. The average Bonchev–Trinajstić information content (AvgIpc) is 2.64. The van der Waals surface area contributed by atoms with Gasteiger partial charge in [-0.15, -0.1) is 0 Å². The molecule has 0 saturated carbocycles. The lowest BCUT2D eigenvalue weighted by Crippen LogP contribution is -2.35. The van der Waals surface area contributed by atoms with Crippen molar-refractivity contribution in [3.05, 3.63) is 46.6 Å². The van der Waals surface area contributed by atoms with Gasteiger partial charge in [0.25, 0.3) is 0 Å². The predicted octanol–water partition coefficient (Wildman–Crippen LogP) is 2.80. The van der Waals surface area contributed by atoms with Crippen LogP contribution >= 0.6 is 0 Å². The first kappa shape index (κ1) is 19.8. The molecular weight excluding hydrogens is 362 g/mol. The van der Waals surface area contributed by atoms with Gasteiger partial charge in [-0.3, -0.25) is 4.79 Å². The third kappa shape index (κ3) is 3.32. The number of benzene rings is 1. The third-order valence-electron chi connectivity index (χ3n) is 5.11. The van der Waals surface area contributed by atoms with E-state index in [2.05, 4.69) is 0 Å². The van der Waals surface area contributed by atoms with E-state index in [1.165, 1.54) is 14.2 Å². The van der Waals surface area contributed by atoms with Crippen molar-refractivity contribution in [3.63, 3.8) is 0 Å². The Balaban J connectivity index is 2.28. The maximum absolute atomic E-state index is 13.1. The van der Waals surface area contributed by atoms with Crippen molar-refractivity contribution in [2.75, 3.05) is 21.3 Å². The number of methoxy groups -OCH3 is 3. The highest BCUT2D eigenvalue weighted by atomic mass is 16.5. The zero-order chi connectivity index (χ0) is 20.6. The molecule has 0 spiro atoms. The molecule has 1 aliphatic carbocycles. The van der Waals surface area contributed by atoms with Crippen molar-refractivity contribution in [3.8, 4) is 11.5 Å². The fourth-order valence-corrected chi connectivity index (χ4v) is 3.87. The van der Waals surface area contributed by atoms with E-state index in [9.17, 15) is 9.59 Å². The number of ether oxygens (including phenoxy) is 4. The number of ketones is 1. The summed E-state index contributed by atoms with van der Waals surface area (Å²) < 4.78 is 21.5. The minimum Gasteiger partial charge on any atom is -0.497 e. The zero-order valence-electron chi connectivity index (χ0n) is 16.8. The van der Waals surface area contributed by atoms with Gasteiger partial charge < -0.3 is 24.7 Å². The maximum atomic E-state index is 13.1. The Bertz CT molecular complexity index is 896. The zero-order valence-corrected chi connectivity index (χ0v) is 16.8. The average molecular weight is 387 g/mol. The highest BCUT2D eigenvalue weighted by Crippen LogP contribution is 2.50. The van der Waals surface area contributed by atoms with Gasteiger partial charge in [-0.1, -0.05) is 13.8 Å². The summed E-state index contributed by atoms with van der Waals surface area (Å²) in [5.74, 6) is -0.00844. The molecule has 150 valence electrons. The number of esters is 1. The predicted molar refractivity (Wildman–Crippen MR) is 102 cm³/mol. The van der Waals surface area contributed by atoms with E-state index < -0.39 is 11.9 Å². The summed E-state index contributed by atoms with van der Waals surface area (Å²) >= 11 is 0. The van der Waals surface area contributed by atoms with Gasteiger partial charge in [0.05, 0.1) is 27.2 Å². The fraction of sp³-hybridized carbons (Fsp3) is 0.429. The van der Waals surface area contributed by atoms with Gasteiger partial charge in [0.15, 0.2) is 5.78 Å². The second-order valence-corrected chi connectivity index (χ2v) is 7.69. The molecule has 0 amide bonds. The standard InChI is InChI=1S/C21H25NO6/c1-21(2)9-13(23)17-15(10-21)28-19(22)18(20(24)27-5)16(17)12-8-11(25-3)6-7-14(12)26-4/h6-8,16H,9-10,22H2,1-5H3/t16-/m1/s1. The fourth-order valence-electron chi connectivity index (χ4n) is 3.87. The number of Topliss-reactive ketones (excluding diaryl/α,β-unsaturated/α-hetero) is 1. The van der Waals surface area contributed by atoms with Crippen molar-refractivity contribution in [2.45, 2.75) is 32.6 Å². The summed E-state index contributed by atoms with van der Waals surface area (Å²) in [6.45, 7) is 3.99. The van der Waals surface area contributed by atoms with Gasteiger partial charge >= 0.3 is 5.97 Å². The van der Waals surface area contributed by atoms with Crippen LogP contribution in [0.15, 0.2) is 41.0 Å². The lowest BCUT2D eigenvalue weighted by Gasteiger charge is -2.38. The molecule has 0 bridgehead atoms. The van der Waals surface area contributed by atoms with E-state index >= 15 is 0 Å². The second kappa shape index (κ2) is 7.22. The van der Waals surface area contributed by atoms with Gasteiger partial charge in [0, 0.05) is 24.0 Å². The van der Waals surface area contributed by atoms with E-state index in [4.69, 9.17) is 24.7 Å². The maximum Gasteiger partial charge on any atom is 0.340 e. The Kier molecular flexibility index (Phi) is 5.10. The van der Waals surface area contributed by atoms with Crippen LogP contribution in [0.2, 0.25) is 0 Å². The van der Waals surface area contributed by atoms with E-state index in [0.717, 1.165) is 0 Å². The Morgan fingerprint density at radius 2 is 1.89 bits per heavy atom. The lowest BCUT2D eigenvalue weighted by atomic mass is 9.70. The summed E-state index contributed by atoms with van der Waals surface area (Å²) in [7, 11) is 4.33. The van der Waals surface area contributed by atoms with Crippen molar-refractivity contribution >= 4 is 11.8 Å². The normalized spacial score (nSPS) is 21.0. The first-order valence-corrected chi connectivity index (χ1v) is 8.96. The smallest absolute Gasteiger partial charge is 0.340 e. The molecule has 1 aromatic carbocycles. The van der Waals surface area contributed by atoms with Crippen molar-refractivity contribution in [1.29, 1.82) is 0 Å². The van der Waals surface area contributed by atoms with E-state index in [0.29, 0.717) is 41.2 Å². The SMILES string of the molecule is COC(=O)C1=C(N)OC2=C(C(=O)CC(C)(C)C2)[C@H]1c1cc(OC)ccc1OC. The topological polar surface area (TPSA) is 97.1 Å². The molecule has 0 unspecified atom stereocenters. The molecule has 0 aromatic heterocycles. The summed E-state index contributed by atoms with van der Waals surface area (Å²) in [5.41, 5.74) is 6.96. The van der Waals surface area contributed by atoms with Crippen LogP contribution in [0.4, 0.5) is 0 Å². The molecule has 2 N–H and O–H groups in total. The van der Waals surface area contributed by atoms with Gasteiger partial charge in [-0.25, -0.2) is 4.79 Å². The van der Waals surface area contributed by atoms with Crippen LogP contribution in [-0.2, 0) is 19.1 Å². The summed E-state index contributed by atoms with van der Waals surface area (Å²) in [6.07, 6.45) is 0.873. The van der Waals surface area contributed by atoms with Crippen LogP contribution in [0, 0.1) is 5.41 Å². The number of nitrogens with two attached hydrogens (primary N) is 1. The number of rotatable bonds is 4. The Morgan fingerprint density at radius 3 is 2.50 bits per heavy atom. The Morgan fingerprint density at radius 1 is 1.18 bits per heavy atom. The van der Waals surface area contributed by atoms with Crippen LogP contribution in [0.5, 0.6) is 11.5 Å². The first-order chi connectivity index (χ1) is 13.2. The minimum atomic E-state index is -0.759. The molecule has 7 nitrogen and oxygen atoms in total. The van der Waals surface area contributed by atoms with Crippen LogP contribution < -0.4 is 15.2 Å². The molecule has 0 fully saturated rings. The number of hydrogen-bond donors (Lipinski definition) is 1. The van der Waals surface area contributed by atoms with Crippen LogP contribution in [0.25, 0.3) is 0 Å². The molecule has 1 aromatic rings. The molecular formula is C21H25NO6. The van der Waals surface area contributed by atoms with Gasteiger partial charge in [0.1, 0.15) is 22.8 Å². The highest BCUT2D eigenvalue weighted by Gasteiger charge is 2.45. The molecule has 3 rings (SSSR count). The molecule has 0 radical (unpaired) electrons. The van der Waals surface area contributed by atoms with Crippen molar-refractivity contribution in [1.82, 2.24) is 0 Å². The van der Waals surface area contributed by atoms with Crippen molar-refractivity contribution < 1.29 is 28.5 Å². The van der Waals surface area contributed by atoms with Gasteiger partial charge in [0.2, 0.25) is 5.88 Å². The third-order valence-corrected chi connectivity index (χ3v) is 5.11. The lowest BCUT2D eigenvalue weighted by molar-refractivity contribution is -0.136. The molecule has 1 aliphatic heterocycles. The quantitative estimate of drug-likeness (QED) is 0.794. The van der Waals surface area contributed by atoms with Gasteiger partial charge in [-0.2, -0.15) is 0 Å².